The van der Waals surface area contributed by atoms with Gasteiger partial charge in [0.05, 0.1) is 5.02 Å². The van der Waals surface area contributed by atoms with E-state index in [1.807, 2.05) is 19.1 Å². The van der Waals surface area contributed by atoms with Crippen LogP contribution >= 0.6 is 11.6 Å². The van der Waals surface area contributed by atoms with Crippen molar-refractivity contribution in [3.8, 4) is 11.5 Å². The van der Waals surface area contributed by atoms with Crippen LogP contribution in [0.3, 0.4) is 0 Å². The lowest BCUT2D eigenvalue weighted by Crippen LogP contribution is -2.15. The molecule has 0 bridgehead atoms. The summed E-state index contributed by atoms with van der Waals surface area (Å²) in [5.41, 5.74) is 6.84. The normalized spacial score (nSPS) is 15.4. The van der Waals surface area contributed by atoms with Crippen molar-refractivity contribution in [3.05, 3.63) is 22.7 Å². The van der Waals surface area contributed by atoms with Crippen molar-refractivity contribution >= 4 is 11.6 Å². The third kappa shape index (κ3) is 2.36. The third-order valence-corrected chi connectivity index (χ3v) is 2.66. The van der Waals surface area contributed by atoms with E-state index in [1.165, 1.54) is 0 Å². The molecular weight excluding hydrogens is 214 g/mol. The Hall–Kier alpha value is -0.930. The van der Waals surface area contributed by atoms with Crippen LogP contribution in [0.5, 0.6) is 11.5 Å². The minimum atomic E-state index is 0.203. The van der Waals surface area contributed by atoms with Crippen LogP contribution in [0.4, 0.5) is 0 Å². The van der Waals surface area contributed by atoms with E-state index in [-0.39, 0.29) is 12.8 Å². The van der Waals surface area contributed by atoms with Gasteiger partial charge in [-0.15, -0.1) is 0 Å². The Morgan fingerprint density at radius 3 is 3.00 bits per heavy atom. The Labute approximate surface area is 94.1 Å². The summed E-state index contributed by atoms with van der Waals surface area (Å²) in [5, 5.41) is 0.615. The lowest BCUT2D eigenvalue weighted by molar-refractivity contribution is 0.174. The molecule has 82 valence electrons. The number of nitrogens with two attached hydrogens (primary N) is 1. The highest BCUT2D eigenvalue weighted by Crippen LogP contribution is 2.39. The van der Waals surface area contributed by atoms with E-state index >= 15 is 0 Å². The predicted molar refractivity (Wildman–Crippen MR) is 59.5 cm³/mol. The van der Waals surface area contributed by atoms with Crippen molar-refractivity contribution in [2.75, 3.05) is 6.79 Å². The molecule has 0 aliphatic carbocycles. The van der Waals surface area contributed by atoms with Gasteiger partial charge in [-0.05, 0) is 37.5 Å². The maximum atomic E-state index is 6.05. The molecule has 2 rings (SSSR count). The summed E-state index contributed by atoms with van der Waals surface area (Å²) in [6.45, 7) is 2.25. The Morgan fingerprint density at radius 2 is 2.27 bits per heavy atom. The average Bonchev–Trinajstić information content (AvgIpc) is 2.63. The van der Waals surface area contributed by atoms with Crippen molar-refractivity contribution in [1.29, 1.82) is 0 Å². The Bertz CT molecular complexity index is 366. The fourth-order valence-corrected chi connectivity index (χ4v) is 1.85. The number of hydrogen-bond donors (Lipinski definition) is 1. The van der Waals surface area contributed by atoms with Crippen LogP contribution in [-0.2, 0) is 6.42 Å². The highest BCUT2D eigenvalue weighted by Gasteiger charge is 2.18. The second kappa shape index (κ2) is 4.29. The van der Waals surface area contributed by atoms with Gasteiger partial charge in [0, 0.05) is 6.04 Å². The van der Waals surface area contributed by atoms with Crippen LogP contribution in [0.25, 0.3) is 0 Å². The molecule has 1 aliphatic rings. The van der Waals surface area contributed by atoms with E-state index in [4.69, 9.17) is 26.8 Å². The molecular formula is C11H14ClNO2. The van der Waals surface area contributed by atoms with Gasteiger partial charge in [-0.2, -0.15) is 0 Å². The molecule has 2 N–H and O–H groups in total. The molecule has 0 fully saturated rings. The SMILES string of the molecule is CC(N)CCc1cc(Cl)c2c(c1)OCO2. The fourth-order valence-electron chi connectivity index (χ4n) is 1.56. The molecule has 1 aliphatic heterocycles. The van der Waals surface area contributed by atoms with Crippen LogP contribution in [0, 0.1) is 0 Å². The smallest absolute Gasteiger partial charge is 0.231 e. The number of benzene rings is 1. The van der Waals surface area contributed by atoms with Crippen molar-refractivity contribution in [2.24, 2.45) is 5.73 Å². The van der Waals surface area contributed by atoms with Crippen LogP contribution in [0.1, 0.15) is 18.9 Å². The maximum absolute atomic E-state index is 6.05. The summed E-state index contributed by atoms with van der Waals surface area (Å²) in [7, 11) is 0. The summed E-state index contributed by atoms with van der Waals surface area (Å²) >= 11 is 6.05. The quantitative estimate of drug-likeness (QED) is 0.862. The van der Waals surface area contributed by atoms with Gasteiger partial charge < -0.3 is 15.2 Å². The number of fused-ring (bicyclic) bond motifs is 1. The molecule has 0 saturated carbocycles. The van der Waals surface area contributed by atoms with Crippen molar-refractivity contribution in [3.63, 3.8) is 0 Å². The van der Waals surface area contributed by atoms with Crippen LogP contribution in [-0.4, -0.2) is 12.8 Å². The van der Waals surface area contributed by atoms with E-state index in [0.29, 0.717) is 10.8 Å². The second-order valence-electron chi connectivity index (χ2n) is 3.83. The van der Waals surface area contributed by atoms with Gasteiger partial charge in [0.1, 0.15) is 0 Å². The molecule has 0 aromatic heterocycles. The predicted octanol–water partition coefficient (Wildman–Crippen LogP) is 2.35. The van der Waals surface area contributed by atoms with Gasteiger partial charge in [0.2, 0.25) is 6.79 Å². The zero-order chi connectivity index (χ0) is 10.8. The minimum absolute atomic E-state index is 0.203. The molecule has 0 amide bonds. The summed E-state index contributed by atoms with van der Waals surface area (Å²) in [5.74, 6) is 1.39. The Kier molecular flexibility index (Phi) is 3.03. The fraction of sp³-hybridized carbons (Fsp3) is 0.455. The van der Waals surface area contributed by atoms with Gasteiger partial charge in [-0.1, -0.05) is 11.6 Å². The maximum Gasteiger partial charge on any atom is 0.231 e. The highest BCUT2D eigenvalue weighted by molar-refractivity contribution is 6.32. The molecule has 1 atom stereocenters. The molecule has 1 aromatic rings. The number of aryl methyl sites for hydroxylation is 1. The van der Waals surface area contributed by atoms with Gasteiger partial charge in [-0.3, -0.25) is 0 Å². The molecule has 4 heteroatoms. The first-order chi connectivity index (χ1) is 7.16. The largest absolute Gasteiger partial charge is 0.454 e. The minimum Gasteiger partial charge on any atom is -0.454 e. The second-order valence-corrected chi connectivity index (χ2v) is 4.23. The topological polar surface area (TPSA) is 44.5 Å². The molecule has 0 saturated heterocycles. The lowest BCUT2D eigenvalue weighted by atomic mass is 10.1. The molecule has 1 unspecified atom stereocenters. The zero-order valence-electron chi connectivity index (χ0n) is 8.63. The molecule has 3 nitrogen and oxygen atoms in total. The van der Waals surface area contributed by atoms with Crippen molar-refractivity contribution in [2.45, 2.75) is 25.8 Å². The summed E-state index contributed by atoms with van der Waals surface area (Å²) in [4.78, 5) is 0. The summed E-state index contributed by atoms with van der Waals surface area (Å²) in [6, 6.07) is 4.09. The first-order valence-corrected chi connectivity index (χ1v) is 5.38. The lowest BCUT2D eigenvalue weighted by Gasteiger charge is -2.07. The van der Waals surface area contributed by atoms with E-state index in [9.17, 15) is 0 Å². The van der Waals surface area contributed by atoms with Crippen LogP contribution < -0.4 is 15.2 Å². The van der Waals surface area contributed by atoms with E-state index in [2.05, 4.69) is 0 Å². The molecule has 0 radical (unpaired) electrons. The first-order valence-electron chi connectivity index (χ1n) is 5.00. The highest BCUT2D eigenvalue weighted by atomic mass is 35.5. The Morgan fingerprint density at radius 1 is 1.47 bits per heavy atom. The molecule has 15 heavy (non-hydrogen) atoms. The van der Waals surface area contributed by atoms with Crippen LogP contribution in [0.15, 0.2) is 12.1 Å². The monoisotopic (exact) mass is 227 g/mol. The molecule has 0 spiro atoms. The van der Waals surface area contributed by atoms with Crippen LogP contribution in [0.2, 0.25) is 5.02 Å². The van der Waals surface area contributed by atoms with E-state index < -0.39 is 0 Å². The van der Waals surface area contributed by atoms with Gasteiger partial charge in [0.15, 0.2) is 11.5 Å². The van der Waals surface area contributed by atoms with E-state index in [1.54, 1.807) is 0 Å². The zero-order valence-corrected chi connectivity index (χ0v) is 9.38. The number of rotatable bonds is 3. The number of halogens is 1. The Balaban J connectivity index is 2.16. The standard InChI is InChI=1S/C11H14ClNO2/c1-7(13)2-3-8-4-9(12)11-10(5-8)14-6-15-11/h4-5,7H,2-3,6,13H2,1H3. The molecule has 1 heterocycles. The van der Waals surface area contributed by atoms with Crippen molar-refractivity contribution in [1.82, 2.24) is 0 Å². The molecule has 1 aromatic carbocycles. The third-order valence-electron chi connectivity index (χ3n) is 2.38. The summed E-state index contributed by atoms with van der Waals surface area (Å²) in [6.07, 6.45) is 1.85. The first kappa shape index (κ1) is 10.6. The summed E-state index contributed by atoms with van der Waals surface area (Å²) < 4.78 is 10.5. The number of ether oxygens (including phenoxy) is 2. The van der Waals surface area contributed by atoms with Gasteiger partial charge in [-0.25, -0.2) is 0 Å². The van der Waals surface area contributed by atoms with E-state index in [0.717, 1.165) is 24.2 Å². The van der Waals surface area contributed by atoms with Gasteiger partial charge in [0.25, 0.3) is 0 Å². The average molecular weight is 228 g/mol. The number of hydrogen-bond acceptors (Lipinski definition) is 3. The van der Waals surface area contributed by atoms with Gasteiger partial charge >= 0.3 is 0 Å². The van der Waals surface area contributed by atoms with Crippen molar-refractivity contribution < 1.29 is 9.47 Å².